The molecule has 0 atom stereocenters. The van der Waals surface area contributed by atoms with Crippen LogP contribution < -0.4 is 5.56 Å². The highest BCUT2D eigenvalue weighted by atomic mass is 16.1. The van der Waals surface area contributed by atoms with Crippen LogP contribution in [0.1, 0.15) is 11.4 Å². The molecule has 0 N–H and O–H groups in total. The minimum absolute atomic E-state index is 0.239. The van der Waals surface area contributed by atoms with E-state index in [1.165, 1.54) is 10.9 Å². The molecule has 25 heavy (non-hydrogen) atoms. The third-order valence-corrected chi connectivity index (χ3v) is 3.86. The zero-order valence-electron chi connectivity index (χ0n) is 13.6. The van der Waals surface area contributed by atoms with Crippen LogP contribution in [0.2, 0.25) is 0 Å². The molecule has 0 amide bonds. The van der Waals surface area contributed by atoms with Gasteiger partial charge in [-0.1, -0.05) is 48.5 Å². The van der Waals surface area contributed by atoms with Crippen LogP contribution in [0.4, 0.5) is 0 Å². The largest absolute Gasteiger partial charge is 0.285 e. The maximum atomic E-state index is 12.8. The number of nitrogens with zero attached hydrogens (tertiary/aromatic N) is 5. The van der Waals surface area contributed by atoms with Crippen molar-refractivity contribution < 1.29 is 0 Å². The van der Waals surface area contributed by atoms with E-state index < -0.39 is 0 Å². The summed E-state index contributed by atoms with van der Waals surface area (Å²) in [6.07, 6.45) is 3.18. The van der Waals surface area contributed by atoms with E-state index in [1.54, 1.807) is 17.8 Å². The van der Waals surface area contributed by atoms with Crippen LogP contribution in [0.3, 0.4) is 0 Å². The zero-order chi connectivity index (χ0) is 17.2. The van der Waals surface area contributed by atoms with E-state index in [1.807, 2.05) is 60.7 Å². The fourth-order valence-corrected chi connectivity index (χ4v) is 2.62. The normalized spacial score (nSPS) is 11.4. The molecule has 0 aliphatic heterocycles. The average molecular weight is 329 g/mol. The number of benzene rings is 2. The molecule has 0 aliphatic rings. The minimum Gasteiger partial charge on any atom is -0.266 e. The summed E-state index contributed by atoms with van der Waals surface area (Å²) in [5.41, 5.74) is 2.06. The molecule has 0 saturated carbocycles. The summed E-state index contributed by atoms with van der Waals surface area (Å²) in [4.78, 5) is 17.3. The van der Waals surface area contributed by atoms with Crippen molar-refractivity contribution in [1.29, 1.82) is 0 Å². The molecule has 6 nitrogen and oxygen atoms in total. The lowest BCUT2D eigenvalue weighted by molar-refractivity contribution is 0.765. The highest BCUT2D eigenvalue weighted by molar-refractivity contribution is 5.80. The quantitative estimate of drug-likeness (QED) is 0.543. The lowest BCUT2D eigenvalue weighted by Gasteiger charge is -2.05. The van der Waals surface area contributed by atoms with Gasteiger partial charge in [0.15, 0.2) is 5.65 Å². The predicted molar refractivity (Wildman–Crippen MR) is 97.3 cm³/mol. The molecule has 0 bridgehead atoms. The van der Waals surface area contributed by atoms with E-state index in [0.29, 0.717) is 16.9 Å². The number of fused-ring (bicyclic) bond motifs is 1. The van der Waals surface area contributed by atoms with E-state index in [4.69, 9.17) is 0 Å². The van der Waals surface area contributed by atoms with Crippen molar-refractivity contribution in [2.75, 3.05) is 0 Å². The highest BCUT2D eigenvalue weighted by Gasteiger charge is 2.13. The number of para-hydroxylation sites is 1. The van der Waals surface area contributed by atoms with E-state index in [9.17, 15) is 4.79 Å². The topological polar surface area (TPSA) is 65.1 Å². The Hall–Kier alpha value is -3.54. The first-order chi connectivity index (χ1) is 12.2. The molecule has 2 heterocycles. The van der Waals surface area contributed by atoms with Crippen molar-refractivity contribution in [2.45, 2.75) is 6.92 Å². The molecular formula is C19H15N5O. The monoisotopic (exact) mass is 329 g/mol. The third-order valence-electron chi connectivity index (χ3n) is 3.86. The summed E-state index contributed by atoms with van der Waals surface area (Å²) in [6, 6.07) is 19.2. The molecule has 6 heteroatoms. The Morgan fingerprint density at radius 2 is 1.68 bits per heavy atom. The second kappa shape index (κ2) is 6.16. The number of aromatic nitrogens is 4. The molecule has 0 fully saturated rings. The Morgan fingerprint density at radius 1 is 1.00 bits per heavy atom. The van der Waals surface area contributed by atoms with E-state index in [-0.39, 0.29) is 5.56 Å². The Morgan fingerprint density at radius 3 is 2.40 bits per heavy atom. The van der Waals surface area contributed by atoms with Crippen LogP contribution in [-0.2, 0) is 0 Å². The van der Waals surface area contributed by atoms with Gasteiger partial charge in [-0.3, -0.25) is 4.79 Å². The summed E-state index contributed by atoms with van der Waals surface area (Å²) < 4.78 is 2.96. The molecule has 122 valence electrons. The summed E-state index contributed by atoms with van der Waals surface area (Å²) in [7, 11) is 0. The molecule has 0 radical (unpaired) electrons. The molecule has 0 spiro atoms. The smallest absolute Gasteiger partial charge is 0.266 e. The number of rotatable bonds is 3. The van der Waals surface area contributed by atoms with Crippen LogP contribution >= 0.6 is 0 Å². The summed E-state index contributed by atoms with van der Waals surface area (Å²) >= 11 is 0. The third kappa shape index (κ3) is 2.74. The Kier molecular flexibility index (Phi) is 3.70. The van der Waals surface area contributed by atoms with Crippen LogP contribution in [0.15, 0.2) is 76.8 Å². The first kappa shape index (κ1) is 15.0. The molecule has 0 aliphatic carbocycles. The van der Waals surface area contributed by atoms with Crippen molar-refractivity contribution in [3.05, 3.63) is 88.6 Å². The van der Waals surface area contributed by atoms with Crippen LogP contribution in [0.25, 0.3) is 16.7 Å². The number of aryl methyl sites for hydroxylation is 1. The van der Waals surface area contributed by atoms with Gasteiger partial charge in [-0.2, -0.15) is 14.9 Å². The van der Waals surface area contributed by atoms with Gasteiger partial charge in [0.25, 0.3) is 5.56 Å². The second-order valence-corrected chi connectivity index (χ2v) is 5.56. The fraction of sp³-hybridized carbons (Fsp3) is 0.0526. The van der Waals surface area contributed by atoms with Gasteiger partial charge in [-0.05, 0) is 24.6 Å². The maximum Gasteiger partial charge on any atom is 0.285 e. The standard InChI is InChI=1S/C19H15N5O/c1-14-22-18-17(13-21-24(18)16-10-6-3-7-11-16)19(25)23(14)20-12-15-8-4-2-5-9-15/h2-13H,1H3/b20-12-. The van der Waals surface area contributed by atoms with Gasteiger partial charge >= 0.3 is 0 Å². The number of hydrogen-bond acceptors (Lipinski definition) is 4. The molecular weight excluding hydrogens is 314 g/mol. The molecule has 4 aromatic rings. The minimum atomic E-state index is -0.239. The van der Waals surface area contributed by atoms with Crippen molar-refractivity contribution in [3.8, 4) is 5.69 Å². The Bertz CT molecular complexity index is 1110. The SMILES string of the molecule is Cc1nc2c(cnn2-c2ccccc2)c(=O)n1/N=C\c1ccccc1. The van der Waals surface area contributed by atoms with E-state index in [2.05, 4.69) is 15.2 Å². The molecule has 0 saturated heterocycles. The van der Waals surface area contributed by atoms with Crippen LogP contribution in [0, 0.1) is 6.92 Å². The summed E-state index contributed by atoms with van der Waals surface area (Å²) in [5.74, 6) is 0.502. The van der Waals surface area contributed by atoms with Gasteiger partial charge in [0, 0.05) is 0 Å². The van der Waals surface area contributed by atoms with Gasteiger partial charge in [-0.15, -0.1) is 0 Å². The van der Waals surface area contributed by atoms with Gasteiger partial charge in [-0.25, -0.2) is 9.67 Å². The molecule has 2 aromatic heterocycles. The van der Waals surface area contributed by atoms with Crippen molar-refractivity contribution >= 4 is 17.2 Å². The van der Waals surface area contributed by atoms with Crippen molar-refractivity contribution in [3.63, 3.8) is 0 Å². The van der Waals surface area contributed by atoms with Crippen molar-refractivity contribution in [2.24, 2.45) is 5.10 Å². The Labute approximate surface area is 143 Å². The number of hydrogen-bond donors (Lipinski definition) is 0. The lowest BCUT2D eigenvalue weighted by Crippen LogP contribution is -2.20. The van der Waals surface area contributed by atoms with Gasteiger partial charge in [0.2, 0.25) is 0 Å². The van der Waals surface area contributed by atoms with E-state index >= 15 is 0 Å². The first-order valence-electron chi connectivity index (χ1n) is 7.86. The highest BCUT2D eigenvalue weighted by Crippen LogP contribution is 2.14. The maximum absolute atomic E-state index is 12.8. The second-order valence-electron chi connectivity index (χ2n) is 5.56. The van der Waals surface area contributed by atoms with Gasteiger partial charge in [0.1, 0.15) is 11.2 Å². The first-order valence-corrected chi connectivity index (χ1v) is 7.86. The fourth-order valence-electron chi connectivity index (χ4n) is 2.62. The summed E-state index contributed by atoms with van der Waals surface area (Å²) in [5, 5.41) is 9.03. The lowest BCUT2D eigenvalue weighted by atomic mass is 10.2. The Balaban J connectivity index is 1.84. The van der Waals surface area contributed by atoms with E-state index in [0.717, 1.165) is 11.3 Å². The summed E-state index contributed by atoms with van der Waals surface area (Å²) in [6.45, 7) is 1.76. The molecule has 2 aromatic carbocycles. The van der Waals surface area contributed by atoms with Gasteiger partial charge in [0.05, 0.1) is 18.1 Å². The molecule has 4 rings (SSSR count). The average Bonchev–Trinajstić information content (AvgIpc) is 3.07. The predicted octanol–water partition coefficient (Wildman–Crippen LogP) is 2.77. The molecule has 0 unspecified atom stereocenters. The van der Waals surface area contributed by atoms with Crippen LogP contribution in [0.5, 0.6) is 0 Å². The zero-order valence-corrected chi connectivity index (χ0v) is 13.6. The van der Waals surface area contributed by atoms with Crippen LogP contribution in [-0.4, -0.2) is 25.7 Å². The van der Waals surface area contributed by atoms with Crippen molar-refractivity contribution in [1.82, 2.24) is 19.4 Å². The van der Waals surface area contributed by atoms with Gasteiger partial charge < -0.3 is 0 Å².